The van der Waals surface area contributed by atoms with Gasteiger partial charge in [0.15, 0.2) is 5.13 Å². The van der Waals surface area contributed by atoms with Crippen LogP contribution in [0.15, 0.2) is 66.2 Å². The molecule has 1 amide bonds. The van der Waals surface area contributed by atoms with Crippen molar-refractivity contribution < 1.29 is 23.8 Å². The number of nitrogens with zero attached hydrogens (tertiary/aromatic N) is 2. The van der Waals surface area contributed by atoms with E-state index in [9.17, 15) is 19.1 Å². The van der Waals surface area contributed by atoms with Crippen LogP contribution in [0, 0.1) is 12.7 Å². The predicted octanol–water partition coefficient (Wildman–Crippen LogP) is 6.50. The zero-order valence-corrected chi connectivity index (χ0v) is 21.6. The lowest BCUT2D eigenvalue weighted by molar-refractivity contribution is -0.132. The number of hydrogen-bond acceptors (Lipinski definition) is 6. The minimum absolute atomic E-state index is 0.0102. The first kappa shape index (κ1) is 24.6. The van der Waals surface area contributed by atoms with Crippen LogP contribution in [0.3, 0.4) is 0 Å². The summed E-state index contributed by atoms with van der Waals surface area (Å²) in [4.78, 5) is 32.9. The zero-order chi connectivity index (χ0) is 26.4. The third-order valence-corrected chi connectivity index (χ3v) is 7.51. The van der Waals surface area contributed by atoms with Crippen LogP contribution < -0.4 is 9.64 Å². The van der Waals surface area contributed by atoms with Gasteiger partial charge in [-0.15, -0.1) is 0 Å². The first-order valence-corrected chi connectivity index (χ1v) is 12.6. The Kier molecular flexibility index (Phi) is 6.29. The number of Topliss-reactive ketones (excluding diaryl/α,β-unsaturated/α-hetero) is 1. The molecule has 2 heterocycles. The highest BCUT2D eigenvalue weighted by Gasteiger charge is 2.48. The number of methoxy groups -OCH3 is 1. The SMILES string of the molecule is COc1ccc(F)cc1/C(O)=C1\C(=O)C(=O)N(c2nc3ccc(C(C)C)cc3s2)C1c1cccc(C)c1. The Morgan fingerprint density at radius 2 is 1.89 bits per heavy atom. The number of ketones is 1. The van der Waals surface area contributed by atoms with Crippen LogP contribution in [0.4, 0.5) is 9.52 Å². The summed E-state index contributed by atoms with van der Waals surface area (Å²) in [6.45, 7) is 6.09. The Hall–Kier alpha value is -4.04. The topological polar surface area (TPSA) is 79.7 Å². The van der Waals surface area contributed by atoms with Crippen molar-refractivity contribution >= 4 is 44.1 Å². The Morgan fingerprint density at radius 3 is 2.59 bits per heavy atom. The van der Waals surface area contributed by atoms with Gasteiger partial charge >= 0.3 is 5.91 Å². The van der Waals surface area contributed by atoms with E-state index in [1.165, 1.54) is 35.5 Å². The fourth-order valence-corrected chi connectivity index (χ4v) is 5.63. The quantitative estimate of drug-likeness (QED) is 0.186. The first-order chi connectivity index (χ1) is 17.7. The van der Waals surface area contributed by atoms with Gasteiger partial charge in [0.05, 0.1) is 34.5 Å². The number of amides is 1. The summed E-state index contributed by atoms with van der Waals surface area (Å²) in [5, 5.41) is 11.7. The number of rotatable bonds is 5. The minimum atomic E-state index is -0.960. The molecule has 1 saturated heterocycles. The van der Waals surface area contributed by atoms with Crippen LogP contribution >= 0.6 is 11.3 Å². The van der Waals surface area contributed by atoms with Gasteiger partial charge in [-0.3, -0.25) is 14.5 Å². The van der Waals surface area contributed by atoms with Gasteiger partial charge in [0.25, 0.3) is 5.78 Å². The van der Waals surface area contributed by atoms with Gasteiger partial charge in [0, 0.05) is 0 Å². The highest BCUT2D eigenvalue weighted by atomic mass is 32.1. The maximum absolute atomic E-state index is 14.2. The maximum atomic E-state index is 14.2. The average molecular weight is 517 g/mol. The molecule has 1 unspecified atom stereocenters. The lowest BCUT2D eigenvalue weighted by Gasteiger charge is -2.23. The molecule has 0 radical (unpaired) electrons. The summed E-state index contributed by atoms with van der Waals surface area (Å²) in [6.07, 6.45) is 0. The number of carbonyl (C=O) groups excluding carboxylic acids is 2. The van der Waals surface area contributed by atoms with Gasteiger partial charge in [-0.1, -0.05) is 61.1 Å². The number of halogens is 1. The molecule has 1 aliphatic heterocycles. The number of anilines is 1. The van der Waals surface area contributed by atoms with Crippen LogP contribution in [0.2, 0.25) is 0 Å². The second kappa shape index (κ2) is 9.44. The van der Waals surface area contributed by atoms with Gasteiger partial charge in [-0.05, 0) is 54.3 Å². The van der Waals surface area contributed by atoms with E-state index in [4.69, 9.17) is 4.74 Å². The fourth-order valence-electron chi connectivity index (χ4n) is 4.59. The standard InChI is InChI=1S/C29H25FN2O4S/c1-15(2)17-8-10-21-23(13-17)37-29(31-21)32-25(18-7-5-6-16(3)12-18)24(27(34)28(32)35)26(33)20-14-19(30)9-11-22(20)36-4/h5-15,25,33H,1-4H3/b26-24+. The number of aliphatic hydroxyl groups is 1. The summed E-state index contributed by atoms with van der Waals surface area (Å²) < 4.78 is 20.4. The van der Waals surface area contributed by atoms with Crippen LogP contribution in [-0.2, 0) is 9.59 Å². The van der Waals surface area contributed by atoms with E-state index < -0.39 is 29.3 Å². The predicted molar refractivity (Wildman–Crippen MR) is 143 cm³/mol. The first-order valence-electron chi connectivity index (χ1n) is 11.8. The van der Waals surface area contributed by atoms with Gasteiger partial charge in [0.1, 0.15) is 17.3 Å². The summed E-state index contributed by atoms with van der Waals surface area (Å²) in [6, 6.07) is 16.0. The van der Waals surface area contributed by atoms with Crippen molar-refractivity contribution in [2.75, 3.05) is 12.0 Å². The number of thiazole rings is 1. The minimum Gasteiger partial charge on any atom is -0.507 e. The van der Waals surface area contributed by atoms with Gasteiger partial charge in [0.2, 0.25) is 0 Å². The largest absolute Gasteiger partial charge is 0.507 e. The fraction of sp³-hybridized carbons (Fsp3) is 0.207. The van der Waals surface area contributed by atoms with Crippen molar-refractivity contribution in [2.45, 2.75) is 32.7 Å². The number of aromatic nitrogens is 1. The van der Waals surface area contributed by atoms with Gasteiger partial charge < -0.3 is 9.84 Å². The lowest BCUT2D eigenvalue weighted by Crippen LogP contribution is -2.29. The molecule has 37 heavy (non-hydrogen) atoms. The molecule has 1 fully saturated rings. The number of hydrogen-bond donors (Lipinski definition) is 1. The Balaban J connectivity index is 1.74. The van der Waals surface area contributed by atoms with E-state index in [2.05, 4.69) is 18.8 Å². The third kappa shape index (κ3) is 4.27. The molecule has 4 aromatic rings. The average Bonchev–Trinajstić information content (AvgIpc) is 3.41. The molecule has 3 aromatic carbocycles. The molecule has 8 heteroatoms. The summed E-state index contributed by atoms with van der Waals surface area (Å²) in [5.74, 6) is -2.32. The number of aliphatic hydroxyl groups excluding tert-OH is 1. The Morgan fingerprint density at radius 1 is 1.11 bits per heavy atom. The molecule has 6 nitrogen and oxygen atoms in total. The van der Waals surface area contributed by atoms with Crippen LogP contribution in [-0.4, -0.2) is 28.9 Å². The number of ether oxygens (including phenoxy) is 1. The highest BCUT2D eigenvalue weighted by molar-refractivity contribution is 7.22. The Bertz CT molecular complexity index is 1590. The molecule has 0 spiro atoms. The molecular weight excluding hydrogens is 491 g/mol. The summed E-state index contributed by atoms with van der Waals surface area (Å²) in [5.41, 5.74) is 3.22. The van der Waals surface area contributed by atoms with Crippen molar-refractivity contribution in [3.8, 4) is 5.75 Å². The second-order valence-electron chi connectivity index (χ2n) is 9.31. The van der Waals surface area contributed by atoms with E-state index in [1.54, 1.807) is 6.07 Å². The van der Waals surface area contributed by atoms with Crippen molar-refractivity contribution in [3.63, 3.8) is 0 Å². The molecule has 1 aliphatic rings. The van der Waals surface area contributed by atoms with E-state index in [-0.39, 0.29) is 16.9 Å². The van der Waals surface area contributed by atoms with E-state index in [0.717, 1.165) is 21.9 Å². The number of fused-ring (bicyclic) bond motifs is 1. The zero-order valence-electron chi connectivity index (χ0n) is 20.8. The number of carbonyl (C=O) groups is 2. The smallest absolute Gasteiger partial charge is 0.301 e. The lowest BCUT2D eigenvalue weighted by atomic mass is 9.94. The van der Waals surface area contributed by atoms with E-state index in [1.807, 2.05) is 43.3 Å². The van der Waals surface area contributed by atoms with Crippen LogP contribution in [0.1, 0.15) is 48.1 Å². The molecule has 0 bridgehead atoms. The molecule has 0 saturated carbocycles. The van der Waals surface area contributed by atoms with Crippen molar-refractivity contribution in [2.24, 2.45) is 0 Å². The molecule has 0 aliphatic carbocycles. The molecule has 1 N–H and O–H groups in total. The van der Waals surface area contributed by atoms with Crippen molar-refractivity contribution in [3.05, 3.63) is 94.3 Å². The molecule has 1 atom stereocenters. The van der Waals surface area contributed by atoms with E-state index in [0.29, 0.717) is 22.1 Å². The number of aryl methyl sites for hydroxylation is 1. The van der Waals surface area contributed by atoms with Gasteiger partial charge in [-0.2, -0.15) is 0 Å². The van der Waals surface area contributed by atoms with Crippen LogP contribution in [0.25, 0.3) is 16.0 Å². The second-order valence-corrected chi connectivity index (χ2v) is 10.3. The highest BCUT2D eigenvalue weighted by Crippen LogP contribution is 2.45. The summed E-state index contributed by atoms with van der Waals surface area (Å²) in [7, 11) is 1.38. The van der Waals surface area contributed by atoms with Crippen molar-refractivity contribution in [1.29, 1.82) is 0 Å². The third-order valence-electron chi connectivity index (χ3n) is 6.49. The maximum Gasteiger partial charge on any atom is 0.301 e. The van der Waals surface area contributed by atoms with Crippen molar-refractivity contribution in [1.82, 2.24) is 4.98 Å². The molecule has 188 valence electrons. The summed E-state index contributed by atoms with van der Waals surface area (Å²) >= 11 is 1.31. The number of benzene rings is 3. The van der Waals surface area contributed by atoms with Crippen LogP contribution in [0.5, 0.6) is 5.75 Å². The Labute approximate surface area is 217 Å². The molecule has 5 rings (SSSR count). The molecular formula is C29H25FN2O4S. The van der Waals surface area contributed by atoms with E-state index >= 15 is 0 Å². The molecule has 1 aromatic heterocycles. The monoisotopic (exact) mass is 516 g/mol. The normalized spacial score (nSPS) is 17.2. The van der Waals surface area contributed by atoms with Gasteiger partial charge in [-0.25, -0.2) is 9.37 Å².